The molecule has 0 spiro atoms. The van der Waals surface area contributed by atoms with Crippen LogP contribution in [0, 0.1) is 0 Å². The van der Waals surface area contributed by atoms with Crippen molar-refractivity contribution in [2.24, 2.45) is 0 Å². The number of alkyl halides is 3. The van der Waals surface area contributed by atoms with Crippen molar-refractivity contribution in [2.75, 3.05) is 24.6 Å². The SMILES string of the molecule is CCN1CC(CCO)c2cc(C(F)(F)F)ccc21. The van der Waals surface area contributed by atoms with Crippen LogP contribution in [0.1, 0.15) is 30.4 Å². The monoisotopic (exact) mass is 259 g/mol. The molecule has 1 atom stereocenters. The third-order valence-corrected chi connectivity index (χ3v) is 3.44. The van der Waals surface area contributed by atoms with Crippen molar-refractivity contribution >= 4 is 5.69 Å². The van der Waals surface area contributed by atoms with Crippen LogP contribution in [0.5, 0.6) is 0 Å². The molecule has 100 valence electrons. The highest BCUT2D eigenvalue weighted by Gasteiger charge is 2.34. The first-order valence-electron chi connectivity index (χ1n) is 6.04. The molecule has 18 heavy (non-hydrogen) atoms. The minimum Gasteiger partial charge on any atom is -0.396 e. The van der Waals surface area contributed by atoms with Crippen LogP contribution < -0.4 is 4.90 Å². The number of aliphatic hydroxyl groups excluding tert-OH is 1. The zero-order valence-corrected chi connectivity index (χ0v) is 10.2. The summed E-state index contributed by atoms with van der Waals surface area (Å²) in [5, 5.41) is 9.00. The maximum Gasteiger partial charge on any atom is 0.416 e. The van der Waals surface area contributed by atoms with Crippen LogP contribution in [-0.2, 0) is 6.18 Å². The summed E-state index contributed by atoms with van der Waals surface area (Å²) in [5.74, 6) is -0.00718. The molecule has 1 unspecified atom stereocenters. The molecular formula is C13H16F3NO. The van der Waals surface area contributed by atoms with Gasteiger partial charge in [-0.1, -0.05) is 0 Å². The molecule has 1 aromatic carbocycles. The molecule has 0 fully saturated rings. The Bertz CT molecular complexity index is 431. The second kappa shape index (κ2) is 4.80. The second-order valence-electron chi connectivity index (χ2n) is 4.52. The lowest BCUT2D eigenvalue weighted by Crippen LogP contribution is -2.21. The fourth-order valence-electron chi connectivity index (χ4n) is 2.51. The zero-order chi connectivity index (χ0) is 13.3. The van der Waals surface area contributed by atoms with E-state index in [0.717, 1.165) is 18.3 Å². The first kappa shape index (κ1) is 13.2. The smallest absolute Gasteiger partial charge is 0.396 e. The molecule has 0 saturated carbocycles. The van der Waals surface area contributed by atoms with E-state index in [1.54, 1.807) is 6.07 Å². The number of halogens is 3. The predicted octanol–water partition coefficient (Wildman–Crippen LogP) is 3.01. The summed E-state index contributed by atoms with van der Waals surface area (Å²) in [4.78, 5) is 2.05. The normalized spacial score (nSPS) is 19.2. The second-order valence-corrected chi connectivity index (χ2v) is 4.52. The standard InChI is InChI=1S/C13H16F3NO/c1-2-17-8-9(5-6-18)11-7-10(13(14,15)16)3-4-12(11)17/h3-4,7,9,18H,2,5-6,8H2,1H3. The van der Waals surface area contributed by atoms with Gasteiger partial charge >= 0.3 is 6.18 Å². The summed E-state index contributed by atoms with van der Waals surface area (Å²) < 4.78 is 38.1. The van der Waals surface area contributed by atoms with Gasteiger partial charge < -0.3 is 10.0 Å². The molecule has 0 aromatic heterocycles. The van der Waals surface area contributed by atoms with E-state index in [0.29, 0.717) is 18.5 Å². The molecular weight excluding hydrogens is 243 g/mol. The molecule has 0 amide bonds. The van der Waals surface area contributed by atoms with Crippen LogP contribution in [0.15, 0.2) is 18.2 Å². The molecule has 1 N–H and O–H groups in total. The average molecular weight is 259 g/mol. The van der Waals surface area contributed by atoms with E-state index in [1.807, 2.05) is 6.92 Å². The number of aliphatic hydroxyl groups is 1. The van der Waals surface area contributed by atoms with Gasteiger partial charge in [-0.3, -0.25) is 0 Å². The van der Waals surface area contributed by atoms with Gasteiger partial charge in [0.25, 0.3) is 0 Å². The molecule has 1 aliphatic heterocycles. The third kappa shape index (κ3) is 2.32. The molecule has 0 bridgehead atoms. The molecule has 1 heterocycles. The Balaban J connectivity index is 2.40. The Morgan fingerprint density at radius 3 is 2.67 bits per heavy atom. The van der Waals surface area contributed by atoms with E-state index in [1.165, 1.54) is 6.07 Å². The summed E-state index contributed by atoms with van der Waals surface area (Å²) in [7, 11) is 0. The Kier molecular flexibility index (Phi) is 3.52. The van der Waals surface area contributed by atoms with E-state index in [2.05, 4.69) is 4.90 Å². The highest BCUT2D eigenvalue weighted by Crippen LogP contribution is 2.41. The van der Waals surface area contributed by atoms with Crippen molar-refractivity contribution in [3.05, 3.63) is 29.3 Å². The first-order valence-corrected chi connectivity index (χ1v) is 6.04. The van der Waals surface area contributed by atoms with Gasteiger partial charge in [-0.25, -0.2) is 0 Å². The fourth-order valence-corrected chi connectivity index (χ4v) is 2.51. The third-order valence-electron chi connectivity index (χ3n) is 3.44. The fraction of sp³-hybridized carbons (Fsp3) is 0.538. The summed E-state index contributed by atoms with van der Waals surface area (Å²) in [5.41, 5.74) is 0.965. The molecule has 0 radical (unpaired) electrons. The number of likely N-dealkylation sites (N-methyl/N-ethyl adjacent to an activating group) is 1. The van der Waals surface area contributed by atoms with Crippen LogP contribution in [0.4, 0.5) is 18.9 Å². The number of anilines is 1. The summed E-state index contributed by atoms with van der Waals surface area (Å²) in [6.45, 7) is 3.43. The van der Waals surface area contributed by atoms with Gasteiger partial charge in [-0.05, 0) is 37.1 Å². The zero-order valence-electron chi connectivity index (χ0n) is 10.2. The number of nitrogens with zero attached hydrogens (tertiary/aromatic N) is 1. The molecule has 0 aliphatic carbocycles. The minimum absolute atomic E-state index is 0.00208. The highest BCUT2D eigenvalue weighted by atomic mass is 19.4. The molecule has 0 saturated heterocycles. The predicted molar refractivity (Wildman–Crippen MR) is 63.8 cm³/mol. The highest BCUT2D eigenvalue weighted by molar-refractivity contribution is 5.61. The number of hydrogen-bond acceptors (Lipinski definition) is 2. The van der Waals surface area contributed by atoms with Gasteiger partial charge in [0.2, 0.25) is 0 Å². The van der Waals surface area contributed by atoms with Gasteiger partial charge in [0, 0.05) is 31.3 Å². The maximum absolute atomic E-state index is 12.7. The van der Waals surface area contributed by atoms with Crippen LogP contribution in [-0.4, -0.2) is 24.8 Å². The number of benzene rings is 1. The molecule has 5 heteroatoms. The number of hydrogen-bond donors (Lipinski definition) is 1. The summed E-state index contributed by atoms with van der Waals surface area (Å²) >= 11 is 0. The molecule has 2 nitrogen and oxygen atoms in total. The van der Waals surface area contributed by atoms with E-state index >= 15 is 0 Å². The minimum atomic E-state index is -4.31. The van der Waals surface area contributed by atoms with E-state index < -0.39 is 11.7 Å². The van der Waals surface area contributed by atoms with Crippen molar-refractivity contribution in [1.82, 2.24) is 0 Å². The Morgan fingerprint density at radius 1 is 1.39 bits per heavy atom. The van der Waals surface area contributed by atoms with Gasteiger partial charge in [-0.15, -0.1) is 0 Å². The lowest BCUT2D eigenvalue weighted by atomic mass is 9.96. The Labute approximate surface area is 104 Å². The van der Waals surface area contributed by atoms with Gasteiger partial charge in [0.1, 0.15) is 0 Å². The average Bonchev–Trinajstić information content (AvgIpc) is 2.66. The van der Waals surface area contributed by atoms with Crippen LogP contribution in [0.3, 0.4) is 0 Å². The van der Waals surface area contributed by atoms with Crippen LogP contribution in [0.25, 0.3) is 0 Å². The lowest BCUT2D eigenvalue weighted by molar-refractivity contribution is -0.137. The lowest BCUT2D eigenvalue weighted by Gasteiger charge is -2.17. The molecule has 2 rings (SSSR count). The first-order chi connectivity index (χ1) is 8.47. The number of fused-ring (bicyclic) bond motifs is 1. The Hall–Kier alpha value is -1.23. The van der Waals surface area contributed by atoms with E-state index in [4.69, 9.17) is 5.11 Å². The number of rotatable bonds is 3. The largest absolute Gasteiger partial charge is 0.416 e. The van der Waals surface area contributed by atoms with Crippen LogP contribution in [0.2, 0.25) is 0 Å². The maximum atomic E-state index is 12.7. The summed E-state index contributed by atoms with van der Waals surface area (Å²) in [6, 6.07) is 3.90. The topological polar surface area (TPSA) is 23.5 Å². The van der Waals surface area contributed by atoms with Crippen molar-refractivity contribution in [3.63, 3.8) is 0 Å². The Morgan fingerprint density at radius 2 is 2.11 bits per heavy atom. The van der Waals surface area contributed by atoms with Crippen molar-refractivity contribution in [1.29, 1.82) is 0 Å². The summed E-state index contributed by atoms with van der Waals surface area (Å²) in [6.07, 6.45) is -3.80. The molecule has 1 aromatic rings. The van der Waals surface area contributed by atoms with Gasteiger partial charge in [0.15, 0.2) is 0 Å². The molecule has 1 aliphatic rings. The quantitative estimate of drug-likeness (QED) is 0.902. The van der Waals surface area contributed by atoms with Gasteiger partial charge in [-0.2, -0.15) is 13.2 Å². The van der Waals surface area contributed by atoms with Crippen molar-refractivity contribution in [3.8, 4) is 0 Å². The van der Waals surface area contributed by atoms with E-state index in [-0.39, 0.29) is 12.5 Å². The van der Waals surface area contributed by atoms with E-state index in [9.17, 15) is 13.2 Å². The van der Waals surface area contributed by atoms with Crippen molar-refractivity contribution in [2.45, 2.75) is 25.4 Å². The van der Waals surface area contributed by atoms with Gasteiger partial charge in [0.05, 0.1) is 5.56 Å². The van der Waals surface area contributed by atoms with Crippen LogP contribution >= 0.6 is 0 Å². The van der Waals surface area contributed by atoms with Crippen molar-refractivity contribution < 1.29 is 18.3 Å².